The Morgan fingerprint density at radius 3 is 2.57 bits per heavy atom. The van der Waals surface area contributed by atoms with E-state index in [2.05, 4.69) is 10.3 Å². The van der Waals surface area contributed by atoms with Crippen LogP contribution in [0.5, 0.6) is 0 Å². The molecule has 0 radical (unpaired) electrons. The molecule has 1 aromatic carbocycles. The first kappa shape index (κ1) is 15.9. The Kier molecular flexibility index (Phi) is 4.93. The molecule has 1 amide bonds. The maximum atomic E-state index is 12.2. The highest BCUT2D eigenvalue weighted by atomic mass is 35.5. The number of aromatic nitrogens is 1. The minimum Gasteiger partial charge on any atom is -0.384 e. The summed E-state index contributed by atoms with van der Waals surface area (Å²) in [6.45, 7) is 1.80. The quantitative estimate of drug-likeness (QED) is 0.880. The third-order valence-electron chi connectivity index (χ3n) is 2.86. The zero-order chi connectivity index (χ0) is 15.6. The molecule has 0 bridgehead atoms. The lowest BCUT2D eigenvalue weighted by atomic mass is 10.1. The molecule has 0 fully saturated rings. The molecule has 3 N–H and O–H groups in total. The smallest absolute Gasteiger partial charge is 0.271 e. The molecule has 4 nitrogen and oxygen atoms in total. The van der Waals surface area contributed by atoms with Gasteiger partial charge < -0.3 is 11.1 Å². The summed E-state index contributed by atoms with van der Waals surface area (Å²) in [5.41, 5.74) is 6.38. The maximum absolute atomic E-state index is 12.2. The first-order valence-electron chi connectivity index (χ1n) is 6.06. The number of carbonyl (C=O) groups is 1. The van der Waals surface area contributed by atoms with E-state index in [0.717, 1.165) is 5.56 Å². The Balaban J connectivity index is 2.20. The van der Waals surface area contributed by atoms with Gasteiger partial charge >= 0.3 is 0 Å². The highest BCUT2D eigenvalue weighted by molar-refractivity contribution is 6.35. The molecule has 0 spiro atoms. The second-order valence-electron chi connectivity index (χ2n) is 4.43. The van der Waals surface area contributed by atoms with Gasteiger partial charge in [-0.3, -0.25) is 4.79 Å². The number of halogens is 3. The molecule has 110 valence electrons. The Hall–Kier alpha value is -1.49. The summed E-state index contributed by atoms with van der Waals surface area (Å²) in [5.74, 6) is -0.201. The number of rotatable bonds is 3. The van der Waals surface area contributed by atoms with E-state index in [0.29, 0.717) is 10.0 Å². The lowest BCUT2D eigenvalue weighted by Gasteiger charge is -2.16. The molecule has 0 aliphatic rings. The van der Waals surface area contributed by atoms with Crippen molar-refractivity contribution in [2.75, 3.05) is 5.73 Å². The van der Waals surface area contributed by atoms with Crippen molar-refractivity contribution in [2.45, 2.75) is 13.0 Å². The van der Waals surface area contributed by atoms with E-state index in [1.165, 1.54) is 12.1 Å². The predicted octanol–water partition coefficient (Wildman–Crippen LogP) is 4.12. The van der Waals surface area contributed by atoms with Crippen molar-refractivity contribution in [1.29, 1.82) is 0 Å². The van der Waals surface area contributed by atoms with Crippen molar-refractivity contribution in [3.8, 4) is 0 Å². The Bertz CT molecular complexity index is 691. The Labute approximate surface area is 137 Å². The molecule has 21 heavy (non-hydrogen) atoms. The van der Waals surface area contributed by atoms with E-state index < -0.39 is 5.91 Å². The first-order valence-corrected chi connectivity index (χ1v) is 7.19. The maximum Gasteiger partial charge on any atom is 0.271 e. The second-order valence-corrected chi connectivity index (χ2v) is 5.68. The van der Waals surface area contributed by atoms with Crippen LogP contribution >= 0.6 is 34.8 Å². The zero-order valence-corrected chi connectivity index (χ0v) is 13.3. The van der Waals surface area contributed by atoms with E-state index in [1.807, 2.05) is 0 Å². The first-order chi connectivity index (χ1) is 9.88. The average molecular weight is 345 g/mol. The van der Waals surface area contributed by atoms with Gasteiger partial charge in [-0.2, -0.15) is 0 Å². The molecule has 0 aliphatic carbocycles. The van der Waals surface area contributed by atoms with Gasteiger partial charge in [-0.25, -0.2) is 4.98 Å². The van der Waals surface area contributed by atoms with Crippen molar-refractivity contribution < 1.29 is 4.79 Å². The summed E-state index contributed by atoms with van der Waals surface area (Å²) in [5, 5.41) is 4.01. The standard InChI is InChI=1S/C14H12Cl3N3O/c1-7(9-3-2-8(15)6-11(9)17)19-14(21)13-10(16)4-5-12(18)20-13/h2-7H,1H3,(H2,18,20)(H,19,21). The third-order valence-corrected chi connectivity index (χ3v) is 3.73. The summed E-state index contributed by atoms with van der Waals surface area (Å²) in [4.78, 5) is 16.1. The van der Waals surface area contributed by atoms with Gasteiger partial charge in [0.15, 0.2) is 0 Å². The number of nitrogens with one attached hydrogen (secondary N) is 1. The van der Waals surface area contributed by atoms with Crippen LogP contribution in [0.2, 0.25) is 15.1 Å². The predicted molar refractivity (Wildman–Crippen MR) is 86.0 cm³/mol. The summed E-state index contributed by atoms with van der Waals surface area (Å²) in [6, 6.07) is 7.80. The van der Waals surface area contributed by atoms with Gasteiger partial charge in [0.1, 0.15) is 11.5 Å². The minimum atomic E-state index is -0.425. The molecule has 0 saturated heterocycles. The average Bonchev–Trinajstić information content (AvgIpc) is 2.41. The molecule has 1 aromatic heterocycles. The fourth-order valence-corrected chi connectivity index (χ4v) is 2.58. The second kappa shape index (κ2) is 6.52. The van der Waals surface area contributed by atoms with Gasteiger partial charge in [0.25, 0.3) is 5.91 Å². The zero-order valence-electron chi connectivity index (χ0n) is 11.0. The topological polar surface area (TPSA) is 68.0 Å². The van der Waals surface area contributed by atoms with Crippen LogP contribution in [0.1, 0.15) is 29.0 Å². The number of nitrogens with two attached hydrogens (primary N) is 1. The number of nitrogen functional groups attached to an aromatic ring is 1. The lowest BCUT2D eigenvalue weighted by Crippen LogP contribution is -2.28. The molecule has 2 aromatic rings. The monoisotopic (exact) mass is 343 g/mol. The molecule has 1 unspecified atom stereocenters. The van der Waals surface area contributed by atoms with E-state index in [1.54, 1.807) is 25.1 Å². The minimum absolute atomic E-state index is 0.0774. The number of nitrogens with zero attached hydrogens (tertiary/aromatic N) is 1. The van der Waals surface area contributed by atoms with E-state index >= 15 is 0 Å². The van der Waals surface area contributed by atoms with Gasteiger partial charge in [-0.05, 0) is 36.8 Å². The van der Waals surface area contributed by atoms with Gasteiger partial charge in [0.2, 0.25) is 0 Å². The largest absolute Gasteiger partial charge is 0.384 e. The van der Waals surface area contributed by atoms with Gasteiger partial charge in [-0.15, -0.1) is 0 Å². The van der Waals surface area contributed by atoms with E-state index in [9.17, 15) is 4.79 Å². The van der Waals surface area contributed by atoms with Crippen LogP contribution in [0.4, 0.5) is 5.82 Å². The number of anilines is 1. The highest BCUT2D eigenvalue weighted by Crippen LogP contribution is 2.26. The molecule has 1 heterocycles. The van der Waals surface area contributed by atoms with Gasteiger partial charge in [-0.1, -0.05) is 40.9 Å². The van der Waals surface area contributed by atoms with Crippen molar-refractivity contribution in [3.05, 3.63) is 56.7 Å². The van der Waals surface area contributed by atoms with Crippen LogP contribution in [0.15, 0.2) is 30.3 Å². The fourth-order valence-electron chi connectivity index (χ4n) is 1.81. The third kappa shape index (κ3) is 3.79. The molecule has 7 heteroatoms. The number of hydrogen-bond donors (Lipinski definition) is 2. The summed E-state index contributed by atoms with van der Waals surface area (Å²) >= 11 is 17.9. The van der Waals surface area contributed by atoms with Crippen LogP contribution in [0.25, 0.3) is 0 Å². The van der Waals surface area contributed by atoms with E-state index in [-0.39, 0.29) is 22.6 Å². The number of pyridine rings is 1. The van der Waals surface area contributed by atoms with E-state index in [4.69, 9.17) is 40.5 Å². The Morgan fingerprint density at radius 2 is 1.90 bits per heavy atom. The molecular formula is C14H12Cl3N3O. The highest BCUT2D eigenvalue weighted by Gasteiger charge is 2.17. The van der Waals surface area contributed by atoms with Crippen molar-refractivity contribution in [2.24, 2.45) is 0 Å². The number of carbonyl (C=O) groups excluding carboxylic acids is 1. The van der Waals surface area contributed by atoms with Crippen LogP contribution in [-0.4, -0.2) is 10.9 Å². The molecular weight excluding hydrogens is 333 g/mol. The van der Waals surface area contributed by atoms with Crippen molar-refractivity contribution >= 4 is 46.5 Å². The fraction of sp³-hybridized carbons (Fsp3) is 0.143. The van der Waals surface area contributed by atoms with Crippen LogP contribution in [0.3, 0.4) is 0 Å². The SMILES string of the molecule is CC(NC(=O)c1nc(N)ccc1Cl)c1ccc(Cl)cc1Cl. The molecule has 0 saturated carbocycles. The number of hydrogen-bond acceptors (Lipinski definition) is 3. The summed E-state index contributed by atoms with van der Waals surface area (Å²) < 4.78 is 0. The molecule has 2 rings (SSSR count). The van der Waals surface area contributed by atoms with Crippen molar-refractivity contribution in [1.82, 2.24) is 10.3 Å². The van der Waals surface area contributed by atoms with Gasteiger partial charge in [0, 0.05) is 10.0 Å². The van der Waals surface area contributed by atoms with Crippen molar-refractivity contribution in [3.63, 3.8) is 0 Å². The van der Waals surface area contributed by atoms with Crippen LogP contribution in [-0.2, 0) is 0 Å². The number of benzene rings is 1. The lowest BCUT2D eigenvalue weighted by molar-refractivity contribution is 0.0935. The molecule has 1 atom stereocenters. The Morgan fingerprint density at radius 1 is 1.19 bits per heavy atom. The normalized spacial score (nSPS) is 12.0. The van der Waals surface area contributed by atoms with Gasteiger partial charge in [0.05, 0.1) is 11.1 Å². The molecule has 0 aliphatic heterocycles. The summed E-state index contributed by atoms with van der Waals surface area (Å²) in [6.07, 6.45) is 0. The number of amides is 1. The summed E-state index contributed by atoms with van der Waals surface area (Å²) in [7, 11) is 0. The van der Waals surface area contributed by atoms with Crippen LogP contribution in [0, 0.1) is 0 Å². The van der Waals surface area contributed by atoms with Crippen LogP contribution < -0.4 is 11.1 Å².